The van der Waals surface area contributed by atoms with Crippen molar-refractivity contribution in [3.8, 4) is 11.5 Å². The van der Waals surface area contributed by atoms with E-state index in [0.29, 0.717) is 0 Å². The Bertz CT molecular complexity index is 548. The van der Waals surface area contributed by atoms with Crippen molar-refractivity contribution in [3.63, 3.8) is 0 Å². The Balaban J connectivity index is 1.75. The fourth-order valence-corrected chi connectivity index (χ4v) is 3.75. The summed E-state index contributed by atoms with van der Waals surface area (Å²) in [6.45, 7) is 4.55. The van der Waals surface area contributed by atoms with Crippen molar-refractivity contribution in [1.82, 2.24) is 10.6 Å². The number of phenolic OH excluding ortho intramolecular Hbond substituents is 1. The Labute approximate surface area is 196 Å². The largest absolute Gasteiger partial charge is 0.508 e. The summed E-state index contributed by atoms with van der Waals surface area (Å²) >= 11 is 0. The zero-order valence-corrected chi connectivity index (χ0v) is 20.5. The van der Waals surface area contributed by atoms with Gasteiger partial charge in [0.15, 0.2) is 0 Å². The topological polar surface area (TPSA) is 70.6 Å². The maximum absolute atomic E-state index is 11.8. The van der Waals surface area contributed by atoms with Gasteiger partial charge in [0, 0.05) is 13.1 Å². The molecular weight excluding hydrogens is 400 g/mol. The van der Waals surface area contributed by atoms with Crippen molar-refractivity contribution >= 4 is 6.03 Å². The molecule has 1 aromatic carbocycles. The van der Waals surface area contributed by atoms with Gasteiger partial charge in [-0.25, -0.2) is 4.79 Å². The minimum Gasteiger partial charge on any atom is -0.508 e. The van der Waals surface area contributed by atoms with E-state index in [1.807, 2.05) is 0 Å². The molecule has 1 aromatic rings. The average molecular weight is 449 g/mol. The van der Waals surface area contributed by atoms with Gasteiger partial charge in [-0.1, -0.05) is 90.4 Å². The zero-order chi connectivity index (χ0) is 23.1. The molecule has 0 atom stereocenters. The number of amides is 2. The van der Waals surface area contributed by atoms with Crippen LogP contribution >= 0.6 is 0 Å². The van der Waals surface area contributed by atoms with E-state index in [0.717, 1.165) is 44.7 Å². The number of carbonyl (C=O) groups excluding carboxylic acids is 1. The number of ether oxygens (including phenoxy) is 1. The highest BCUT2D eigenvalue weighted by Crippen LogP contribution is 2.16. The monoisotopic (exact) mass is 448 g/mol. The molecule has 0 saturated carbocycles. The molecule has 32 heavy (non-hydrogen) atoms. The summed E-state index contributed by atoms with van der Waals surface area (Å²) in [6.07, 6.45) is 19.9. The number of urea groups is 1. The lowest BCUT2D eigenvalue weighted by molar-refractivity contribution is 0.240. The van der Waals surface area contributed by atoms with Crippen LogP contribution < -0.4 is 15.4 Å². The summed E-state index contributed by atoms with van der Waals surface area (Å²) in [4.78, 5) is 11.8. The van der Waals surface area contributed by atoms with E-state index >= 15 is 0 Å². The van der Waals surface area contributed by atoms with Crippen molar-refractivity contribution in [2.45, 2.75) is 110 Å². The minimum atomic E-state index is -0.0116. The summed E-state index contributed by atoms with van der Waals surface area (Å²) in [5, 5.41) is 15.2. The Morgan fingerprint density at radius 2 is 1.12 bits per heavy atom. The smallest absolute Gasteiger partial charge is 0.314 e. The third-order valence-electron chi connectivity index (χ3n) is 5.78. The Morgan fingerprint density at radius 1 is 0.688 bits per heavy atom. The average Bonchev–Trinajstić information content (AvgIpc) is 2.80. The third kappa shape index (κ3) is 17.7. The summed E-state index contributed by atoms with van der Waals surface area (Å²) in [6, 6.07) is 6.88. The zero-order valence-electron chi connectivity index (χ0n) is 20.5. The van der Waals surface area contributed by atoms with Gasteiger partial charge in [-0.15, -0.1) is 0 Å². The molecule has 0 aromatic heterocycles. The van der Waals surface area contributed by atoms with Crippen molar-refractivity contribution in [2.24, 2.45) is 0 Å². The number of unbranched alkanes of at least 4 members (excludes halogenated alkanes) is 14. The standard InChI is InChI=1S/C27H48N2O3/c1-2-3-4-5-6-9-12-15-22-28-27(31)29-23-16-13-10-7-8-11-14-17-24-32-26-20-18-25(30)19-21-26/h18-21,30H,2-17,22-24H2,1H3,(H2,28,29,31). The van der Waals surface area contributed by atoms with Crippen LogP contribution in [-0.4, -0.2) is 30.8 Å². The van der Waals surface area contributed by atoms with Crippen molar-refractivity contribution in [1.29, 1.82) is 0 Å². The molecule has 0 spiro atoms. The molecule has 0 aliphatic rings. The van der Waals surface area contributed by atoms with Gasteiger partial charge in [0.1, 0.15) is 11.5 Å². The van der Waals surface area contributed by atoms with Gasteiger partial charge in [-0.2, -0.15) is 0 Å². The van der Waals surface area contributed by atoms with Crippen LogP contribution in [0.2, 0.25) is 0 Å². The number of aromatic hydroxyl groups is 1. The van der Waals surface area contributed by atoms with Crippen LogP contribution in [0, 0.1) is 0 Å². The first kappa shape index (κ1) is 28.1. The van der Waals surface area contributed by atoms with E-state index in [2.05, 4.69) is 17.6 Å². The van der Waals surface area contributed by atoms with Crippen molar-refractivity contribution < 1.29 is 14.6 Å². The molecule has 2 amide bonds. The maximum atomic E-state index is 11.8. The molecule has 3 N–H and O–H groups in total. The highest BCUT2D eigenvalue weighted by Gasteiger charge is 1.99. The van der Waals surface area contributed by atoms with Crippen LogP contribution in [0.4, 0.5) is 4.79 Å². The highest BCUT2D eigenvalue weighted by atomic mass is 16.5. The second-order valence-electron chi connectivity index (χ2n) is 8.83. The molecule has 0 unspecified atom stereocenters. The van der Waals surface area contributed by atoms with Crippen LogP contribution in [-0.2, 0) is 0 Å². The van der Waals surface area contributed by atoms with Gasteiger partial charge in [-0.05, 0) is 43.5 Å². The first-order valence-corrected chi connectivity index (χ1v) is 13.2. The van der Waals surface area contributed by atoms with Gasteiger partial charge in [0.2, 0.25) is 0 Å². The number of nitrogens with one attached hydrogen (secondary N) is 2. The molecule has 1 rings (SSSR count). The molecule has 0 radical (unpaired) electrons. The fraction of sp³-hybridized carbons (Fsp3) is 0.741. The number of rotatable bonds is 21. The number of hydrogen-bond acceptors (Lipinski definition) is 3. The molecular formula is C27H48N2O3. The lowest BCUT2D eigenvalue weighted by Crippen LogP contribution is -2.36. The molecule has 5 heteroatoms. The van der Waals surface area contributed by atoms with E-state index in [-0.39, 0.29) is 11.8 Å². The minimum absolute atomic E-state index is 0.0116. The molecule has 0 heterocycles. The van der Waals surface area contributed by atoms with Gasteiger partial charge < -0.3 is 20.5 Å². The summed E-state index contributed by atoms with van der Waals surface area (Å²) in [5.74, 6) is 1.09. The van der Waals surface area contributed by atoms with Crippen molar-refractivity contribution in [3.05, 3.63) is 24.3 Å². The highest BCUT2D eigenvalue weighted by molar-refractivity contribution is 5.73. The third-order valence-corrected chi connectivity index (χ3v) is 5.78. The van der Waals surface area contributed by atoms with Crippen LogP contribution in [0.25, 0.3) is 0 Å². The molecule has 5 nitrogen and oxygen atoms in total. The SMILES string of the molecule is CCCCCCCCCCNC(=O)NCCCCCCCCCCOc1ccc(O)cc1. The fourth-order valence-electron chi connectivity index (χ4n) is 3.75. The van der Waals surface area contributed by atoms with Crippen LogP contribution in [0.1, 0.15) is 110 Å². The molecule has 0 aliphatic heterocycles. The van der Waals surface area contributed by atoms with Crippen LogP contribution in [0.5, 0.6) is 11.5 Å². The predicted molar refractivity (Wildman–Crippen MR) is 135 cm³/mol. The Hall–Kier alpha value is -1.91. The lowest BCUT2D eigenvalue weighted by atomic mass is 10.1. The van der Waals surface area contributed by atoms with E-state index < -0.39 is 0 Å². The normalized spacial score (nSPS) is 10.8. The van der Waals surface area contributed by atoms with Crippen LogP contribution in [0.3, 0.4) is 0 Å². The summed E-state index contributed by atoms with van der Waals surface area (Å²) < 4.78 is 5.66. The van der Waals surface area contributed by atoms with Crippen molar-refractivity contribution in [2.75, 3.05) is 19.7 Å². The Morgan fingerprint density at radius 3 is 1.62 bits per heavy atom. The first-order valence-electron chi connectivity index (χ1n) is 13.2. The number of carbonyl (C=O) groups is 1. The van der Waals surface area contributed by atoms with E-state index in [1.165, 1.54) is 83.5 Å². The molecule has 184 valence electrons. The second-order valence-corrected chi connectivity index (χ2v) is 8.83. The summed E-state index contributed by atoms with van der Waals surface area (Å²) in [7, 11) is 0. The first-order chi connectivity index (χ1) is 15.7. The molecule has 0 fully saturated rings. The van der Waals surface area contributed by atoms with E-state index in [9.17, 15) is 9.90 Å². The molecule has 0 saturated heterocycles. The number of benzene rings is 1. The van der Waals surface area contributed by atoms with Gasteiger partial charge in [-0.3, -0.25) is 0 Å². The van der Waals surface area contributed by atoms with E-state index in [4.69, 9.17) is 4.74 Å². The second kappa shape index (κ2) is 21.0. The Kier molecular flexibility index (Phi) is 18.4. The van der Waals surface area contributed by atoms with Crippen LogP contribution in [0.15, 0.2) is 24.3 Å². The van der Waals surface area contributed by atoms with E-state index in [1.54, 1.807) is 24.3 Å². The number of phenols is 1. The summed E-state index contributed by atoms with van der Waals surface area (Å²) in [5.41, 5.74) is 0. The molecule has 0 aliphatic carbocycles. The maximum Gasteiger partial charge on any atom is 0.314 e. The molecule has 0 bridgehead atoms. The van der Waals surface area contributed by atoms with Gasteiger partial charge in [0.25, 0.3) is 0 Å². The lowest BCUT2D eigenvalue weighted by Gasteiger charge is -2.08. The predicted octanol–water partition coefficient (Wildman–Crippen LogP) is 7.33. The van der Waals surface area contributed by atoms with Gasteiger partial charge >= 0.3 is 6.03 Å². The van der Waals surface area contributed by atoms with Gasteiger partial charge in [0.05, 0.1) is 6.61 Å². The quantitative estimate of drug-likeness (QED) is 0.172. The number of hydrogen-bond donors (Lipinski definition) is 3.